The first-order valence-corrected chi connectivity index (χ1v) is 6.51. The lowest BCUT2D eigenvalue weighted by Gasteiger charge is -2.18. The average molecular weight is 263 g/mol. The molecular weight excluding hydrogens is 242 g/mol. The summed E-state index contributed by atoms with van der Waals surface area (Å²) in [5.74, 6) is -0.732. The molecule has 0 aliphatic heterocycles. The molecule has 0 saturated heterocycles. The minimum atomic E-state index is -0.955. The summed E-state index contributed by atoms with van der Waals surface area (Å²) in [4.78, 5) is 22.9. The molecule has 104 valence electrons. The lowest BCUT2D eigenvalue weighted by Crippen LogP contribution is -2.25. The van der Waals surface area contributed by atoms with Crippen molar-refractivity contribution in [1.82, 2.24) is 0 Å². The van der Waals surface area contributed by atoms with Crippen LogP contribution in [-0.4, -0.2) is 17.0 Å². The molecule has 2 atom stereocenters. The Bertz CT molecular complexity index is 482. The number of rotatable bonds is 5. The molecule has 0 heterocycles. The summed E-state index contributed by atoms with van der Waals surface area (Å²) < 4.78 is 0. The summed E-state index contributed by atoms with van der Waals surface area (Å²) in [5.41, 5.74) is 1.54. The molecule has 2 unspecified atom stereocenters. The van der Waals surface area contributed by atoms with Crippen LogP contribution in [0.15, 0.2) is 18.2 Å². The van der Waals surface area contributed by atoms with Gasteiger partial charge in [0.1, 0.15) is 0 Å². The van der Waals surface area contributed by atoms with Crippen molar-refractivity contribution in [3.05, 3.63) is 29.3 Å². The van der Waals surface area contributed by atoms with Gasteiger partial charge in [-0.2, -0.15) is 0 Å². The minimum absolute atomic E-state index is 0.0307. The maximum absolute atomic E-state index is 12.0. The molecule has 0 saturated carbocycles. The van der Waals surface area contributed by atoms with Crippen LogP contribution < -0.4 is 5.32 Å². The monoisotopic (exact) mass is 263 g/mol. The minimum Gasteiger partial charge on any atom is -0.478 e. The number of carbonyl (C=O) groups excluding carboxylic acids is 1. The van der Waals surface area contributed by atoms with Gasteiger partial charge in [0.2, 0.25) is 5.91 Å². The first-order chi connectivity index (χ1) is 8.86. The molecule has 4 heteroatoms. The Hall–Kier alpha value is -1.84. The lowest BCUT2D eigenvalue weighted by molar-refractivity contribution is -0.120. The summed E-state index contributed by atoms with van der Waals surface area (Å²) in [6, 6.07) is 4.82. The predicted molar refractivity (Wildman–Crippen MR) is 75.4 cm³/mol. The highest BCUT2D eigenvalue weighted by atomic mass is 16.4. The normalized spacial score (nSPS) is 13.7. The fourth-order valence-corrected chi connectivity index (χ4v) is 1.85. The van der Waals surface area contributed by atoms with E-state index in [1.54, 1.807) is 19.1 Å². The quantitative estimate of drug-likeness (QED) is 0.856. The van der Waals surface area contributed by atoms with Crippen LogP contribution in [0.4, 0.5) is 5.69 Å². The number of carboxylic acids is 1. The summed E-state index contributed by atoms with van der Waals surface area (Å²) >= 11 is 0. The molecule has 2 N–H and O–H groups in total. The van der Waals surface area contributed by atoms with Gasteiger partial charge in [0.25, 0.3) is 0 Å². The Morgan fingerprint density at radius 1 is 1.32 bits per heavy atom. The second kappa shape index (κ2) is 6.36. The molecule has 0 bridgehead atoms. The molecule has 0 radical (unpaired) electrons. The summed E-state index contributed by atoms with van der Waals surface area (Å²) in [7, 11) is 0. The summed E-state index contributed by atoms with van der Waals surface area (Å²) in [5, 5.41) is 11.8. The van der Waals surface area contributed by atoms with E-state index in [4.69, 9.17) is 5.11 Å². The zero-order valence-electron chi connectivity index (χ0n) is 11.9. The van der Waals surface area contributed by atoms with Gasteiger partial charge in [-0.05, 0) is 36.6 Å². The first kappa shape index (κ1) is 15.2. The Morgan fingerprint density at radius 3 is 2.42 bits per heavy atom. The van der Waals surface area contributed by atoms with Crippen LogP contribution in [0, 0.1) is 18.8 Å². The van der Waals surface area contributed by atoms with Crippen LogP contribution in [0.5, 0.6) is 0 Å². The molecule has 19 heavy (non-hydrogen) atoms. The van der Waals surface area contributed by atoms with Crippen molar-refractivity contribution in [3.63, 3.8) is 0 Å². The molecule has 0 spiro atoms. The molecule has 4 nitrogen and oxygen atoms in total. The van der Waals surface area contributed by atoms with E-state index in [1.807, 2.05) is 13.8 Å². The molecule has 1 aromatic carbocycles. The van der Waals surface area contributed by atoms with Crippen LogP contribution in [0.1, 0.15) is 43.1 Å². The molecule has 0 fully saturated rings. The van der Waals surface area contributed by atoms with Crippen molar-refractivity contribution in [1.29, 1.82) is 0 Å². The fraction of sp³-hybridized carbons (Fsp3) is 0.467. The van der Waals surface area contributed by atoms with E-state index in [9.17, 15) is 9.59 Å². The van der Waals surface area contributed by atoms with E-state index in [-0.39, 0.29) is 17.4 Å². The van der Waals surface area contributed by atoms with Gasteiger partial charge in [-0.1, -0.05) is 27.2 Å². The molecule has 0 aliphatic carbocycles. The Morgan fingerprint density at radius 2 is 1.95 bits per heavy atom. The van der Waals surface area contributed by atoms with Crippen LogP contribution in [0.2, 0.25) is 0 Å². The third-order valence-corrected chi connectivity index (χ3v) is 3.64. The van der Waals surface area contributed by atoms with Gasteiger partial charge in [-0.25, -0.2) is 4.79 Å². The van der Waals surface area contributed by atoms with E-state index in [0.717, 1.165) is 6.42 Å². The van der Waals surface area contributed by atoms with Gasteiger partial charge >= 0.3 is 5.97 Å². The topological polar surface area (TPSA) is 66.4 Å². The standard InChI is InChI=1S/C15H21NO3/c1-5-9(2)11(4)14(17)16-12-6-7-13(15(18)19)10(3)8-12/h6-9,11H,5H2,1-4H3,(H,16,17)(H,18,19). The van der Waals surface area contributed by atoms with Gasteiger partial charge in [-0.15, -0.1) is 0 Å². The number of amides is 1. The Balaban J connectivity index is 2.81. The van der Waals surface area contributed by atoms with Gasteiger partial charge in [-0.3, -0.25) is 4.79 Å². The second-order valence-corrected chi connectivity index (χ2v) is 5.00. The van der Waals surface area contributed by atoms with Gasteiger partial charge < -0.3 is 10.4 Å². The largest absolute Gasteiger partial charge is 0.478 e. The number of hydrogen-bond donors (Lipinski definition) is 2. The maximum Gasteiger partial charge on any atom is 0.335 e. The van der Waals surface area contributed by atoms with E-state index >= 15 is 0 Å². The second-order valence-electron chi connectivity index (χ2n) is 5.00. The Kier molecular flexibility index (Phi) is 5.10. The van der Waals surface area contributed by atoms with Gasteiger partial charge in [0.05, 0.1) is 5.56 Å². The zero-order chi connectivity index (χ0) is 14.6. The lowest BCUT2D eigenvalue weighted by atomic mass is 9.93. The van der Waals surface area contributed by atoms with Crippen molar-refractivity contribution in [2.75, 3.05) is 5.32 Å². The van der Waals surface area contributed by atoms with Gasteiger partial charge in [0.15, 0.2) is 0 Å². The number of aromatic carboxylic acids is 1. The number of carbonyl (C=O) groups is 2. The third kappa shape index (κ3) is 3.81. The first-order valence-electron chi connectivity index (χ1n) is 6.51. The van der Waals surface area contributed by atoms with Crippen molar-refractivity contribution in [3.8, 4) is 0 Å². The van der Waals surface area contributed by atoms with Crippen molar-refractivity contribution in [2.24, 2.45) is 11.8 Å². The van der Waals surface area contributed by atoms with E-state index in [1.165, 1.54) is 6.07 Å². The Labute approximate surface area is 113 Å². The van der Waals surface area contributed by atoms with Crippen LogP contribution >= 0.6 is 0 Å². The van der Waals surface area contributed by atoms with Crippen LogP contribution in [-0.2, 0) is 4.79 Å². The molecule has 0 aromatic heterocycles. The number of aryl methyl sites for hydroxylation is 1. The van der Waals surface area contributed by atoms with Crippen LogP contribution in [0.25, 0.3) is 0 Å². The highest BCUT2D eigenvalue weighted by Crippen LogP contribution is 2.19. The fourth-order valence-electron chi connectivity index (χ4n) is 1.85. The number of nitrogens with one attached hydrogen (secondary N) is 1. The van der Waals surface area contributed by atoms with Crippen molar-refractivity contribution < 1.29 is 14.7 Å². The predicted octanol–water partition coefficient (Wildman–Crippen LogP) is 3.31. The van der Waals surface area contributed by atoms with Crippen molar-refractivity contribution in [2.45, 2.75) is 34.1 Å². The SMILES string of the molecule is CCC(C)C(C)C(=O)Nc1ccc(C(=O)O)c(C)c1. The number of hydrogen-bond acceptors (Lipinski definition) is 2. The number of carboxylic acid groups (broad SMARTS) is 1. The average Bonchev–Trinajstić information content (AvgIpc) is 2.36. The number of anilines is 1. The van der Waals surface area contributed by atoms with Crippen molar-refractivity contribution >= 4 is 17.6 Å². The van der Waals surface area contributed by atoms with E-state index in [2.05, 4.69) is 12.2 Å². The molecule has 0 aliphatic rings. The highest BCUT2D eigenvalue weighted by Gasteiger charge is 2.19. The zero-order valence-corrected chi connectivity index (χ0v) is 11.9. The van der Waals surface area contributed by atoms with E-state index in [0.29, 0.717) is 17.2 Å². The summed E-state index contributed by atoms with van der Waals surface area (Å²) in [6.45, 7) is 7.72. The number of benzene rings is 1. The highest BCUT2D eigenvalue weighted by molar-refractivity contribution is 5.94. The smallest absolute Gasteiger partial charge is 0.335 e. The van der Waals surface area contributed by atoms with Crippen LogP contribution in [0.3, 0.4) is 0 Å². The molecule has 1 amide bonds. The van der Waals surface area contributed by atoms with E-state index < -0.39 is 5.97 Å². The molecular formula is C15H21NO3. The van der Waals surface area contributed by atoms with Gasteiger partial charge in [0, 0.05) is 11.6 Å². The molecule has 1 aromatic rings. The molecule has 1 rings (SSSR count). The third-order valence-electron chi connectivity index (χ3n) is 3.64. The maximum atomic E-state index is 12.0. The summed E-state index contributed by atoms with van der Waals surface area (Å²) in [6.07, 6.45) is 0.950.